The van der Waals surface area contributed by atoms with E-state index in [1.165, 1.54) is 12.1 Å². The van der Waals surface area contributed by atoms with Gasteiger partial charge in [0.1, 0.15) is 19.9 Å². The Balaban J connectivity index is 2.31. The largest absolute Gasteiger partial charge is 0.350 e. The molecule has 1 aromatic carbocycles. The molecule has 0 aliphatic carbocycles. The van der Waals surface area contributed by atoms with Gasteiger partial charge in [-0.3, -0.25) is 4.90 Å². The number of nitrogens with zero attached hydrogens (tertiary/aromatic N) is 1. The minimum Gasteiger partial charge on any atom is -0.350 e. The van der Waals surface area contributed by atoms with Crippen molar-refractivity contribution in [3.63, 3.8) is 0 Å². The molecule has 1 aromatic rings. The number of hydrogen-bond acceptors (Lipinski definition) is 2. The van der Waals surface area contributed by atoms with Crippen molar-refractivity contribution in [2.45, 2.75) is 25.0 Å². The normalized spacial score (nSPS) is 30.9. The summed E-state index contributed by atoms with van der Waals surface area (Å²) in [4.78, 5) is 2.08. The fourth-order valence-corrected chi connectivity index (χ4v) is 2.29. The van der Waals surface area contributed by atoms with Crippen LogP contribution in [-0.2, 0) is 4.74 Å². The lowest BCUT2D eigenvalue weighted by atomic mass is 9.89. The Kier molecular flexibility index (Phi) is 3.34. The summed E-state index contributed by atoms with van der Waals surface area (Å²) >= 11 is 0. The van der Waals surface area contributed by atoms with Crippen LogP contribution in [0.5, 0.6) is 0 Å². The monoisotopic (exact) mass is 237 g/mol. The SMILES string of the molecule is [B]c1cc(F)ccc1C1OC(P)[C@@H](C)N1C. The fourth-order valence-electron chi connectivity index (χ4n) is 1.87. The van der Waals surface area contributed by atoms with E-state index in [9.17, 15) is 4.39 Å². The molecule has 1 aliphatic heterocycles. The van der Waals surface area contributed by atoms with E-state index < -0.39 is 0 Å². The highest BCUT2D eigenvalue weighted by atomic mass is 31.0. The van der Waals surface area contributed by atoms with Crippen LogP contribution in [0, 0.1) is 5.82 Å². The van der Waals surface area contributed by atoms with E-state index in [4.69, 9.17) is 12.6 Å². The molecule has 1 fully saturated rings. The van der Waals surface area contributed by atoms with Gasteiger partial charge in [-0.15, -0.1) is 9.24 Å². The lowest BCUT2D eigenvalue weighted by molar-refractivity contribution is 0.0346. The molecule has 2 radical (unpaired) electrons. The van der Waals surface area contributed by atoms with Gasteiger partial charge in [-0.25, -0.2) is 4.39 Å². The summed E-state index contributed by atoms with van der Waals surface area (Å²) in [6.45, 7) is 2.08. The summed E-state index contributed by atoms with van der Waals surface area (Å²) in [6.07, 6.45) is -0.196. The Bertz CT molecular complexity index is 404. The lowest BCUT2D eigenvalue weighted by Gasteiger charge is -2.22. The molecular weight excluding hydrogens is 223 g/mol. The zero-order valence-corrected chi connectivity index (χ0v) is 10.5. The number of likely N-dealkylation sites (N-methyl/N-ethyl adjacent to an activating group) is 1. The standard InChI is InChI=1S/C11H14BFNOP/c1-6-11(16)15-10(14(6)2)8-4-3-7(13)5-9(8)12/h3-6,10-11H,16H2,1-2H3/t6-,10?,11?/m1/s1. The Hall–Kier alpha value is -0.435. The summed E-state index contributed by atoms with van der Waals surface area (Å²) in [5.41, 5.74) is 1.25. The Morgan fingerprint density at radius 2 is 2.19 bits per heavy atom. The third kappa shape index (κ3) is 2.02. The highest BCUT2D eigenvalue weighted by Gasteiger charge is 2.35. The first-order valence-corrected chi connectivity index (χ1v) is 5.85. The number of halogens is 1. The van der Waals surface area contributed by atoms with Gasteiger partial charge in [0, 0.05) is 6.04 Å². The predicted molar refractivity (Wildman–Crippen MR) is 66.3 cm³/mol. The van der Waals surface area contributed by atoms with Crippen LogP contribution in [0.25, 0.3) is 0 Å². The molecule has 5 heteroatoms. The predicted octanol–water partition coefficient (Wildman–Crippen LogP) is 1.17. The van der Waals surface area contributed by atoms with Gasteiger partial charge in [-0.1, -0.05) is 11.5 Å². The van der Waals surface area contributed by atoms with Gasteiger partial charge in [-0.05, 0) is 31.7 Å². The Morgan fingerprint density at radius 1 is 1.50 bits per heavy atom. The molecule has 0 amide bonds. The third-order valence-electron chi connectivity index (χ3n) is 3.09. The van der Waals surface area contributed by atoms with E-state index >= 15 is 0 Å². The number of benzene rings is 1. The first-order valence-electron chi connectivity index (χ1n) is 5.18. The van der Waals surface area contributed by atoms with Gasteiger partial charge in [0.15, 0.2) is 0 Å². The van der Waals surface area contributed by atoms with E-state index in [1.54, 1.807) is 6.07 Å². The summed E-state index contributed by atoms with van der Waals surface area (Å²) in [5.74, 6) is -0.253. The van der Waals surface area contributed by atoms with Crippen molar-refractivity contribution in [1.82, 2.24) is 4.90 Å². The second-order valence-electron chi connectivity index (χ2n) is 4.13. The van der Waals surface area contributed by atoms with Gasteiger partial charge in [0.05, 0.1) is 5.85 Å². The van der Waals surface area contributed by atoms with Crippen molar-refractivity contribution in [3.8, 4) is 0 Å². The van der Waals surface area contributed by atoms with Crippen LogP contribution in [0.3, 0.4) is 0 Å². The van der Waals surface area contributed by atoms with Gasteiger partial charge < -0.3 is 4.74 Å². The highest BCUT2D eigenvalue weighted by Crippen LogP contribution is 2.34. The van der Waals surface area contributed by atoms with Crippen LogP contribution in [0.4, 0.5) is 4.39 Å². The molecule has 0 N–H and O–H groups in total. The molecule has 0 saturated carbocycles. The van der Waals surface area contributed by atoms with Crippen LogP contribution in [0.1, 0.15) is 18.7 Å². The molecule has 0 bridgehead atoms. The minimum absolute atomic E-state index is 0.0689. The first kappa shape index (κ1) is 12.0. The van der Waals surface area contributed by atoms with Crippen LogP contribution >= 0.6 is 9.24 Å². The molecule has 2 nitrogen and oxygen atoms in total. The Labute approximate surface area is 98.8 Å². The van der Waals surface area contributed by atoms with Crippen molar-refractivity contribution in [3.05, 3.63) is 29.6 Å². The molecule has 16 heavy (non-hydrogen) atoms. The molecule has 1 aliphatic rings. The summed E-state index contributed by atoms with van der Waals surface area (Å²) in [6, 6.07) is 4.71. The fraction of sp³-hybridized carbons (Fsp3) is 0.455. The smallest absolute Gasteiger partial charge is 0.137 e. The average Bonchev–Trinajstić information content (AvgIpc) is 2.46. The van der Waals surface area contributed by atoms with Gasteiger partial charge >= 0.3 is 0 Å². The lowest BCUT2D eigenvalue weighted by Crippen LogP contribution is -2.30. The average molecular weight is 237 g/mol. The molecule has 0 spiro atoms. The molecule has 84 valence electrons. The van der Waals surface area contributed by atoms with Gasteiger partial charge in [-0.2, -0.15) is 0 Å². The van der Waals surface area contributed by atoms with Crippen molar-refractivity contribution in [2.24, 2.45) is 0 Å². The zero-order chi connectivity index (χ0) is 11.9. The van der Waals surface area contributed by atoms with Gasteiger partial charge in [0.2, 0.25) is 0 Å². The van der Waals surface area contributed by atoms with Crippen LogP contribution in [0.2, 0.25) is 0 Å². The van der Waals surface area contributed by atoms with Crippen LogP contribution in [0.15, 0.2) is 18.2 Å². The third-order valence-corrected chi connectivity index (χ3v) is 3.80. The second kappa shape index (κ2) is 4.44. The molecule has 1 saturated heterocycles. The van der Waals surface area contributed by atoms with Gasteiger partial charge in [0.25, 0.3) is 0 Å². The molecule has 2 rings (SSSR count). The van der Waals surface area contributed by atoms with E-state index in [-0.39, 0.29) is 17.9 Å². The van der Waals surface area contributed by atoms with Crippen LogP contribution in [-0.4, -0.2) is 31.7 Å². The maximum Gasteiger partial charge on any atom is 0.137 e. The number of hydrogen-bond donors (Lipinski definition) is 0. The maximum absolute atomic E-state index is 12.9. The molecule has 1 heterocycles. The quantitative estimate of drug-likeness (QED) is 0.537. The first-order chi connectivity index (χ1) is 7.50. The highest BCUT2D eigenvalue weighted by molar-refractivity contribution is 7.17. The molecule has 3 unspecified atom stereocenters. The van der Waals surface area contributed by atoms with Crippen molar-refractivity contribution in [1.29, 1.82) is 0 Å². The summed E-state index contributed by atoms with van der Waals surface area (Å²) in [7, 11) is 10.4. The van der Waals surface area contributed by atoms with Crippen molar-refractivity contribution < 1.29 is 9.13 Å². The topological polar surface area (TPSA) is 12.5 Å². The summed E-state index contributed by atoms with van der Waals surface area (Å²) < 4.78 is 18.7. The summed E-state index contributed by atoms with van der Waals surface area (Å²) in [5, 5.41) is 0. The number of rotatable bonds is 1. The van der Waals surface area contributed by atoms with E-state index in [0.717, 1.165) is 5.56 Å². The van der Waals surface area contributed by atoms with E-state index in [1.807, 2.05) is 7.05 Å². The minimum atomic E-state index is -0.322. The maximum atomic E-state index is 12.9. The van der Waals surface area contributed by atoms with E-state index in [0.29, 0.717) is 11.5 Å². The van der Waals surface area contributed by atoms with E-state index in [2.05, 4.69) is 21.1 Å². The molecular formula is C11H14BFNOP. The molecule has 0 aromatic heterocycles. The Morgan fingerprint density at radius 3 is 2.69 bits per heavy atom. The zero-order valence-electron chi connectivity index (χ0n) is 9.35. The molecule has 4 atom stereocenters. The van der Waals surface area contributed by atoms with Crippen molar-refractivity contribution >= 4 is 22.5 Å². The second-order valence-corrected chi connectivity index (χ2v) is 4.79. The van der Waals surface area contributed by atoms with Crippen molar-refractivity contribution in [2.75, 3.05) is 7.05 Å². The van der Waals surface area contributed by atoms with Crippen LogP contribution < -0.4 is 5.46 Å². The number of ether oxygens (including phenoxy) is 1.